The van der Waals surface area contributed by atoms with Crippen LogP contribution in [0.5, 0.6) is 0 Å². The average molecular weight is 213 g/mol. The summed E-state index contributed by atoms with van der Waals surface area (Å²) in [5.41, 5.74) is 0.0896. The Morgan fingerprint density at radius 3 is 2.47 bits per heavy atom. The van der Waals surface area contributed by atoms with Gasteiger partial charge in [-0.15, -0.1) is 5.92 Å². The van der Waals surface area contributed by atoms with Crippen molar-refractivity contribution in [3.63, 3.8) is 0 Å². The zero-order valence-electron chi connectivity index (χ0n) is 8.20. The Hall–Kier alpha value is -1.47. The Balaban J connectivity index is 2.67. The lowest BCUT2D eigenvalue weighted by atomic mass is 10.2. The van der Waals surface area contributed by atoms with Crippen LogP contribution in [0.4, 0.5) is 13.2 Å². The first-order valence-electron chi connectivity index (χ1n) is 4.39. The normalized spacial score (nSPS) is 9.60. The molecule has 0 aliphatic rings. The van der Waals surface area contributed by atoms with E-state index in [2.05, 4.69) is 17.2 Å². The Bertz CT molecular complexity index is 404. The highest BCUT2D eigenvalue weighted by Crippen LogP contribution is 2.13. The van der Waals surface area contributed by atoms with Crippen molar-refractivity contribution in [2.24, 2.45) is 0 Å². The largest absolute Gasteiger partial charge is 0.302 e. The van der Waals surface area contributed by atoms with Crippen LogP contribution < -0.4 is 5.32 Å². The number of hydrogen-bond acceptors (Lipinski definition) is 1. The van der Waals surface area contributed by atoms with Crippen LogP contribution >= 0.6 is 0 Å². The van der Waals surface area contributed by atoms with Crippen LogP contribution in [0.25, 0.3) is 0 Å². The maximum absolute atomic E-state index is 13.1. The molecule has 1 N–H and O–H groups in total. The lowest BCUT2D eigenvalue weighted by molar-refractivity contribution is 0.488. The zero-order valence-corrected chi connectivity index (χ0v) is 8.20. The summed E-state index contributed by atoms with van der Waals surface area (Å²) >= 11 is 0. The fourth-order valence-corrected chi connectivity index (χ4v) is 1.05. The summed E-state index contributed by atoms with van der Waals surface area (Å²) in [4.78, 5) is 0. The van der Waals surface area contributed by atoms with Gasteiger partial charge in [0.2, 0.25) is 0 Å². The van der Waals surface area contributed by atoms with Crippen LogP contribution in [-0.2, 0) is 6.54 Å². The highest BCUT2D eigenvalue weighted by atomic mass is 19.2. The second-order valence-electron chi connectivity index (χ2n) is 2.89. The van der Waals surface area contributed by atoms with E-state index in [1.54, 1.807) is 6.92 Å². The molecule has 0 amide bonds. The monoisotopic (exact) mass is 213 g/mol. The Labute approximate surface area is 86.3 Å². The maximum atomic E-state index is 13.1. The second kappa shape index (κ2) is 5.42. The first-order chi connectivity index (χ1) is 7.15. The third kappa shape index (κ3) is 3.30. The fourth-order valence-electron chi connectivity index (χ4n) is 1.05. The van der Waals surface area contributed by atoms with Crippen LogP contribution in [0.2, 0.25) is 0 Å². The van der Waals surface area contributed by atoms with Crippen LogP contribution in [-0.4, -0.2) is 6.54 Å². The number of nitrogens with one attached hydrogen (secondary N) is 1. The molecule has 1 aromatic carbocycles. The smallest absolute Gasteiger partial charge is 0.161 e. The van der Waals surface area contributed by atoms with Gasteiger partial charge in [0.15, 0.2) is 11.6 Å². The summed E-state index contributed by atoms with van der Waals surface area (Å²) in [6, 6.07) is 1.38. The second-order valence-corrected chi connectivity index (χ2v) is 2.89. The van der Waals surface area contributed by atoms with Gasteiger partial charge in [-0.05, 0) is 13.0 Å². The highest BCUT2D eigenvalue weighted by Gasteiger charge is 2.08. The lowest BCUT2D eigenvalue weighted by Gasteiger charge is -2.03. The Kier molecular flexibility index (Phi) is 4.19. The van der Waals surface area contributed by atoms with Crippen molar-refractivity contribution in [3.8, 4) is 11.8 Å². The van der Waals surface area contributed by atoms with Gasteiger partial charge in [0, 0.05) is 18.2 Å². The minimum absolute atomic E-state index is 0.0896. The van der Waals surface area contributed by atoms with E-state index < -0.39 is 17.5 Å². The molecule has 0 atom stereocenters. The number of halogens is 3. The standard InChI is InChI=1S/C11H10F3N/c1-2-3-4-15-7-8-5-10(13)11(14)6-9(8)12/h5-6,15H,4,7H2,1H3. The molecule has 80 valence electrons. The Morgan fingerprint density at radius 1 is 1.13 bits per heavy atom. The predicted molar refractivity (Wildman–Crippen MR) is 51.5 cm³/mol. The van der Waals surface area contributed by atoms with Crippen molar-refractivity contribution in [3.05, 3.63) is 35.1 Å². The van der Waals surface area contributed by atoms with Crippen LogP contribution in [0.3, 0.4) is 0 Å². The van der Waals surface area contributed by atoms with Gasteiger partial charge in [-0.25, -0.2) is 13.2 Å². The fraction of sp³-hybridized carbons (Fsp3) is 0.273. The van der Waals surface area contributed by atoms with E-state index in [1.807, 2.05) is 0 Å². The van der Waals surface area contributed by atoms with Gasteiger partial charge in [0.05, 0.1) is 6.54 Å². The maximum Gasteiger partial charge on any atom is 0.161 e. The molecule has 0 spiro atoms. The van der Waals surface area contributed by atoms with Crippen molar-refractivity contribution in [2.45, 2.75) is 13.5 Å². The lowest BCUT2D eigenvalue weighted by Crippen LogP contribution is -2.14. The molecule has 0 bridgehead atoms. The summed E-state index contributed by atoms with van der Waals surface area (Å²) in [5, 5.41) is 2.79. The van der Waals surface area contributed by atoms with Gasteiger partial charge in [-0.2, -0.15) is 0 Å². The molecule has 1 nitrogen and oxygen atoms in total. The zero-order chi connectivity index (χ0) is 11.3. The molecule has 0 radical (unpaired) electrons. The molecular weight excluding hydrogens is 203 g/mol. The van der Waals surface area contributed by atoms with Crippen LogP contribution in [0, 0.1) is 29.3 Å². The van der Waals surface area contributed by atoms with Gasteiger partial charge in [0.1, 0.15) is 5.82 Å². The highest BCUT2D eigenvalue weighted by molar-refractivity contribution is 5.20. The molecule has 0 saturated heterocycles. The molecular formula is C11H10F3N. The first-order valence-corrected chi connectivity index (χ1v) is 4.39. The molecule has 0 fully saturated rings. The molecule has 0 heterocycles. The summed E-state index contributed by atoms with van der Waals surface area (Å²) in [6.45, 7) is 2.19. The molecule has 1 rings (SSSR count). The van der Waals surface area contributed by atoms with Gasteiger partial charge < -0.3 is 5.32 Å². The molecule has 0 aliphatic heterocycles. The first kappa shape index (κ1) is 11.6. The minimum atomic E-state index is -1.18. The van der Waals surface area contributed by atoms with Crippen molar-refractivity contribution >= 4 is 0 Å². The number of hydrogen-bond donors (Lipinski definition) is 1. The topological polar surface area (TPSA) is 12.0 Å². The van der Waals surface area contributed by atoms with Gasteiger partial charge >= 0.3 is 0 Å². The average Bonchev–Trinajstić information content (AvgIpc) is 2.20. The van der Waals surface area contributed by atoms with Gasteiger partial charge in [-0.3, -0.25) is 0 Å². The van der Waals surface area contributed by atoms with E-state index in [1.165, 1.54) is 0 Å². The molecule has 0 unspecified atom stereocenters. The number of benzene rings is 1. The van der Waals surface area contributed by atoms with Crippen molar-refractivity contribution < 1.29 is 13.2 Å². The third-order valence-electron chi connectivity index (χ3n) is 1.79. The minimum Gasteiger partial charge on any atom is -0.302 e. The summed E-state index contributed by atoms with van der Waals surface area (Å²) in [6.07, 6.45) is 0. The molecule has 15 heavy (non-hydrogen) atoms. The van der Waals surface area contributed by atoms with Crippen molar-refractivity contribution in [2.75, 3.05) is 6.54 Å². The van der Waals surface area contributed by atoms with E-state index in [0.29, 0.717) is 12.6 Å². The molecule has 0 saturated carbocycles. The van der Waals surface area contributed by atoms with E-state index in [9.17, 15) is 13.2 Å². The van der Waals surface area contributed by atoms with E-state index >= 15 is 0 Å². The van der Waals surface area contributed by atoms with E-state index in [-0.39, 0.29) is 12.1 Å². The van der Waals surface area contributed by atoms with E-state index in [4.69, 9.17) is 0 Å². The van der Waals surface area contributed by atoms with Crippen molar-refractivity contribution in [1.82, 2.24) is 5.32 Å². The summed E-state index contributed by atoms with van der Waals surface area (Å²) < 4.78 is 38.3. The van der Waals surface area contributed by atoms with E-state index in [0.717, 1.165) is 6.07 Å². The molecule has 0 aromatic heterocycles. The summed E-state index contributed by atoms with van der Waals surface area (Å²) in [7, 11) is 0. The number of rotatable bonds is 3. The third-order valence-corrected chi connectivity index (χ3v) is 1.79. The molecule has 4 heteroatoms. The van der Waals surface area contributed by atoms with Gasteiger partial charge in [0.25, 0.3) is 0 Å². The summed E-state index contributed by atoms with van der Waals surface area (Å²) in [5.74, 6) is 2.38. The molecule has 0 aliphatic carbocycles. The Morgan fingerprint density at radius 2 is 1.80 bits per heavy atom. The van der Waals surface area contributed by atoms with Crippen LogP contribution in [0.1, 0.15) is 12.5 Å². The SMILES string of the molecule is CC#CCNCc1cc(F)c(F)cc1F. The van der Waals surface area contributed by atoms with Gasteiger partial charge in [-0.1, -0.05) is 5.92 Å². The van der Waals surface area contributed by atoms with Crippen molar-refractivity contribution in [1.29, 1.82) is 0 Å². The van der Waals surface area contributed by atoms with Crippen LogP contribution in [0.15, 0.2) is 12.1 Å². The quantitative estimate of drug-likeness (QED) is 0.461. The molecule has 1 aromatic rings. The predicted octanol–water partition coefficient (Wildman–Crippen LogP) is 2.22.